The molecular weight excluding hydrogens is 323 g/mol. The SMILES string of the molecule is COC(=O)C(Cc1ccc(I)cc1)C(=O)O. The van der Waals surface area contributed by atoms with Crippen LogP contribution in [0.15, 0.2) is 24.3 Å². The van der Waals surface area contributed by atoms with Crippen LogP contribution in [0, 0.1) is 9.49 Å². The van der Waals surface area contributed by atoms with E-state index in [-0.39, 0.29) is 6.42 Å². The van der Waals surface area contributed by atoms with Crippen molar-refractivity contribution in [2.75, 3.05) is 7.11 Å². The van der Waals surface area contributed by atoms with Gasteiger partial charge in [-0.15, -0.1) is 0 Å². The van der Waals surface area contributed by atoms with Crippen LogP contribution in [0.4, 0.5) is 0 Å². The minimum atomic E-state index is -1.16. The van der Waals surface area contributed by atoms with Crippen molar-refractivity contribution in [2.45, 2.75) is 6.42 Å². The molecule has 0 spiro atoms. The molecule has 1 aromatic carbocycles. The zero-order valence-electron chi connectivity index (χ0n) is 8.64. The van der Waals surface area contributed by atoms with E-state index in [4.69, 9.17) is 5.11 Å². The first-order chi connectivity index (χ1) is 7.54. The predicted molar refractivity (Wildman–Crippen MR) is 66.0 cm³/mol. The maximum absolute atomic E-state index is 11.2. The number of aliphatic carboxylic acids is 1. The van der Waals surface area contributed by atoms with Crippen molar-refractivity contribution in [2.24, 2.45) is 5.92 Å². The lowest BCUT2D eigenvalue weighted by Crippen LogP contribution is -2.27. The Balaban J connectivity index is 2.80. The van der Waals surface area contributed by atoms with Gasteiger partial charge in [0.25, 0.3) is 0 Å². The Morgan fingerprint density at radius 1 is 1.38 bits per heavy atom. The monoisotopic (exact) mass is 334 g/mol. The van der Waals surface area contributed by atoms with E-state index in [1.165, 1.54) is 7.11 Å². The molecule has 0 radical (unpaired) electrons. The molecule has 0 amide bonds. The van der Waals surface area contributed by atoms with Crippen LogP contribution in [0.1, 0.15) is 5.56 Å². The summed E-state index contributed by atoms with van der Waals surface area (Å²) >= 11 is 2.16. The zero-order chi connectivity index (χ0) is 12.1. The fourth-order valence-corrected chi connectivity index (χ4v) is 1.63. The van der Waals surface area contributed by atoms with Gasteiger partial charge in [-0.05, 0) is 46.7 Å². The molecule has 5 heteroatoms. The number of methoxy groups -OCH3 is 1. The third-order valence-electron chi connectivity index (χ3n) is 2.14. The molecule has 0 aromatic heterocycles. The van der Waals surface area contributed by atoms with Gasteiger partial charge in [0.05, 0.1) is 7.11 Å². The Morgan fingerprint density at radius 2 is 1.94 bits per heavy atom. The minimum Gasteiger partial charge on any atom is -0.481 e. The molecule has 0 fully saturated rings. The summed E-state index contributed by atoms with van der Waals surface area (Å²) in [6.45, 7) is 0. The van der Waals surface area contributed by atoms with Crippen molar-refractivity contribution in [3.63, 3.8) is 0 Å². The quantitative estimate of drug-likeness (QED) is 0.517. The van der Waals surface area contributed by atoms with Gasteiger partial charge in [0.2, 0.25) is 0 Å². The summed E-state index contributed by atoms with van der Waals surface area (Å²) in [7, 11) is 1.19. The van der Waals surface area contributed by atoms with Crippen LogP contribution in [-0.2, 0) is 20.7 Å². The van der Waals surface area contributed by atoms with Gasteiger partial charge in [0, 0.05) is 3.57 Å². The number of carbonyl (C=O) groups is 2. The Labute approximate surface area is 107 Å². The van der Waals surface area contributed by atoms with Gasteiger partial charge in [-0.25, -0.2) is 0 Å². The molecule has 0 aliphatic rings. The van der Waals surface area contributed by atoms with Crippen molar-refractivity contribution in [1.82, 2.24) is 0 Å². The second-order valence-electron chi connectivity index (χ2n) is 3.24. The number of carboxylic acid groups (broad SMARTS) is 1. The average molecular weight is 334 g/mol. The molecule has 0 saturated heterocycles. The summed E-state index contributed by atoms with van der Waals surface area (Å²) in [4.78, 5) is 22.1. The maximum Gasteiger partial charge on any atom is 0.320 e. The number of esters is 1. The van der Waals surface area contributed by atoms with Gasteiger partial charge in [-0.2, -0.15) is 0 Å². The number of halogens is 1. The van der Waals surface area contributed by atoms with Crippen LogP contribution in [0.5, 0.6) is 0 Å². The summed E-state index contributed by atoms with van der Waals surface area (Å²) in [6, 6.07) is 7.35. The van der Waals surface area contributed by atoms with Gasteiger partial charge < -0.3 is 9.84 Å². The van der Waals surface area contributed by atoms with Crippen LogP contribution < -0.4 is 0 Å². The van der Waals surface area contributed by atoms with Crippen molar-refractivity contribution >= 4 is 34.5 Å². The van der Waals surface area contributed by atoms with E-state index in [0.717, 1.165) is 9.13 Å². The predicted octanol–water partition coefficient (Wildman–Crippen LogP) is 1.71. The highest BCUT2D eigenvalue weighted by Crippen LogP contribution is 2.13. The Hall–Kier alpha value is -1.11. The number of carboxylic acids is 1. The lowest BCUT2D eigenvalue weighted by atomic mass is 10.00. The summed E-state index contributed by atoms with van der Waals surface area (Å²) in [5.74, 6) is -3.01. The van der Waals surface area contributed by atoms with E-state index in [2.05, 4.69) is 27.3 Å². The number of hydrogen-bond acceptors (Lipinski definition) is 3. The van der Waals surface area contributed by atoms with E-state index in [1.54, 1.807) is 12.1 Å². The largest absolute Gasteiger partial charge is 0.481 e. The van der Waals surface area contributed by atoms with Gasteiger partial charge in [-0.1, -0.05) is 12.1 Å². The number of carbonyl (C=O) groups excluding carboxylic acids is 1. The standard InChI is InChI=1S/C11H11IO4/c1-16-11(15)9(10(13)14)6-7-2-4-8(12)5-3-7/h2-5,9H,6H2,1H3,(H,13,14). The Kier molecular flexibility index (Phi) is 4.72. The van der Waals surface area contributed by atoms with Crippen LogP contribution in [0.25, 0.3) is 0 Å². The maximum atomic E-state index is 11.2. The van der Waals surface area contributed by atoms with Gasteiger partial charge >= 0.3 is 11.9 Å². The first-order valence-electron chi connectivity index (χ1n) is 4.59. The van der Waals surface area contributed by atoms with Crippen molar-refractivity contribution in [1.29, 1.82) is 0 Å². The normalized spacial score (nSPS) is 11.9. The number of benzene rings is 1. The van der Waals surface area contributed by atoms with E-state index >= 15 is 0 Å². The molecular formula is C11H11IO4. The molecule has 4 nitrogen and oxygen atoms in total. The first-order valence-corrected chi connectivity index (χ1v) is 5.67. The third-order valence-corrected chi connectivity index (χ3v) is 2.86. The third kappa shape index (κ3) is 3.48. The van der Waals surface area contributed by atoms with Crippen LogP contribution in [0.2, 0.25) is 0 Å². The molecule has 1 atom stereocenters. The van der Waals surface area contributed by atoms with Gasteiger partial charge in [0.15, 0.2) is 5.92 Å². The van der Waals surface area contributed by atoms with Crippen molar-refractivity contribution in [3.05, 3.63) is 33.4 Å². The van der Waals surface area contributed by atoms with Crippen molar-refractivity contribution < 1.29 is 19.4 Å². The van der Waals surface area contributed by atoms with Crippen LogP contribution in [0.3, 0.4) is 0 Å². The lowest BCUT2D eigenvalue weighted by molar-refractivity contribution is -0.156. The first kappa shape index (κ1) is 13.0. The number of hydrogen-bond donors (Lipinski definition) is 1. The van der Waals surface area contributed by atoms with E-state index in [9.17, 15) is 9.59 Å². The Morgan fingerprint density at radius 3 is 2.38 bits per heavy atom. The Bertz CT molecular complexity index is 385. The highest BCUT2D eigenvalue weighted by Gasteiger charge is 2.27. The van der Waals surface area contributed by atoms with E-state index in [0.29, 0.717) is 0 Å². The highest BCUT2D eigenvalue weighted by molar-refractivity contribution is 14.1. The summed E-state index contributed by atoms with van der Waals surface area (Å²) in [6.07, 6.45) is 0.152. The van der Waals surface area contributed by atoms with Crippen molar-refractivity contribution in [3.8, 4) is 0 Å². The molecule has 16 heavy (non-hydrogen) atoms. The topological polar surface area (TPSA) is 63.6 Å². The lowest BCUT2D eigenvalue weighted by Gasteiger charge is -2.09. The molecule has 0 bridgehead atoms. The van der Waals surface area contributed by atoms with Crippen LogP contribution >= 0.6 is 22.6 Å². The molecule has 1 unspecified atom stereocenters. The molecule has 86 valence electrons. The number of ether oxygens (including phenoxy) is 1. The average Bonchev–Trinajstić information content (AvgIpc) is 2.27. The molecule has 0 saturated carbocycles. The van der Waals surface area contributed by atoms with Gasteiger partial charge in [0.1, 0.15) is 0 Å². The molecule has 1 N–H and O–H groups in total. The minimum absolute atomic E-state index is 0.152. The molecule has 0 aliphatic heterocycles. The second kappa shape index (κ2) is 5.83. The fourth-order valence-electron chi connectivity index (χ4n) is 1.27. The van der Waals surface area contributed by atoms with E-state index < -0.39 is 17.9 Å². The number of rotatable bonds is 4. The smallest absolute Gasteiger partial charge is 0.320 e. The van der Waals surface area contributed by atoms with E-state index in [1.807, 2.05) is 12.1 Å². The second-order valence-corrected chi connectivity index (χ2v) is 4.49. The summed E-state index contributed by atoms with van der Waals surface area (Å²) in [5.41, 5.74) is 0.804. The zero-order valence-corrected chi connectivity index (χ0v) is 10.8. The molecule has 1 aromatic rings. The summed E-state index contributed by atoms with van der Waals surface area (Å²) < 4.78 is 5.51. The fraction of sp³-hybridized carbons (Fsp3) is 0.273. The molecule has 0 heterocycles. The highest BCUT2D eigenvalue weighted by atomic mass is 127. The molecule has 0 aliphatic carbocycles. The summed E-state index contributed by atoms with van der Waals surface area (Å²) in [5, 5.41) is 8.89. The molecule has 1 rings (SSSR count). The van der Waals surface area contributed by atoms with Gasteiger partial charge in [-0.3, -0.25) is 9.59 Å². The van der Waals surface area contributed by atoms with Crippen LogP contribution in [-0.4, -0.2) is 24.2 Å².